The minimum atomic E-state index is -1.55. The lowest BCUT2D eigenvalue weighted by atomic mass is 10.1. The van der Waals surface area contributed by atoms with Crippen LogP contribution in [0.15, 0.2) is 0 Å². The van der Waals surface area contributed by atoms with Crippen molar-refractivity contribution in [1.29, 1.82) is 0 Å². The van der Waals surface area contributed by atoms with Gasteiger partial charge in [-0.2, -0.15) is 0 Å². The number of carbonyl (C=O) groups is 1. The number of rotatable bonds is 7. The predicted octanol–water partition coefficient (Wildman–Crippen LogP) is 2.35. The van der Waals surface area contributed by atoms with Crippen molar-refractivity contribution in [1.82, 2.24) is 0 Å². The van der Waals surface area contributed by atoms with E-state index in [2.05, 4.69) is 19.6 Å². The fourth-order valence-corrected chi connectivity index (χ4v) is 2.75. The second kappa shape index (κ2) is 6.40. The molecule has 0 unspecified atom stereocenters. The number of aliphatic hydroxyl groups excluding tert-OH is 1. The maximum Gasteiger partial charge on any atom is 0.184 e. The summed E-state index contributed by atoms with van der Waals surface area (Å²) in [6, 6.07) is 0. The van der Waals surface area contributed by atoms with E-state index in [0.717, 1.165) is 0 Å². The summed E-state index contributed by atoms with van der Waals surface area (Å²) < 4.78 is 5.76. The van der Waals surface area contributed by atoms with E-state index < -0.39 is 14.4 Å². The SMILES string of the molecule is CC[C@@H](O)CC(=O)C[C@@H](C)O[Si](C)(C)C. The Morgan fingerprint density at radius 3 is 2.27 bits per heavy atom. The summed E-state index contributed by atoms with van der Waals surface area (Å²) in [5, 5.41) is 9.32. The summed E-state index contributed by atoms with van der Waals surface area (Å²) in [5.74, 6) is 0.0927. The molecule has 0 radical (unpaired) electrons. The number of ketones is 1. The van der Waals surface area contributed by atoms with Crippen molar-refractivity contribution < 1.29 is 14.3 Å². The minimum absolute atomic E-state index is 0.0202. The Morgan fingerprint density at radius 2 is 1.87 bits per heavy atom. The van der Waals surface area contributed by atoms with Gasteiger partial charge in [0.15, 0.2) is 8.32 Å². The standard InChI is InChI=1S/C11H24O3Si/c1-6-10(12)8-11(13)7-9(2)14-15(3,4)5/h9-10,12H,6-8H2,1-5H3/t9-,10-/m1/s1. The van der Waals surface area contributed by atoms with Gasteiger partial charge in [-0.1, -0.05) is 6.92 Å². The summed E-state index contributed by atoms with van der Waals surface area (Å²) in [4.78, 5) is 11.5. The molecule has 0 bridgehead atoms. The highest BCUT2D eigenvalue weighted by atomic mass is 28.4. The van der Waals surface area contributed by atoms with Gasteiger partial charge in [0.1, 0.15) is 5.78 Å². The molecule has 0 aliphatic carbocycles. The highest BCUT2D eigenvalue weighted by Crippen LogP contribution is 2.11. The van der Waals surface area contributed by atoms with Crippen LogP contribution in [-0.2, 0) is 9.22 Å². The summed E-state index contributed by atoms with van der Waals surface area (Å²) in [6.07, 6.45) is 0.802. The van der Waals surface area contributed by atoms with E-state index in [9.17, 15) is 9.90 Å². The van der Waals surface area contributed by atoms with Gasteiger partial charge >= 0.3 is 0 Å². The topological polar surface area (TPSA) is 46.5 Å². The smallest absolute Gasteiger partial charge is 0.184 e. The van der Waals surface area contributed by atoms with E-state index in [1.165, 1.54) is 0 Å². The van der Waals surface area contributed by atoms with E-state index in [1.807, 2.05) is 13.8 Å². The second-order valence-electron chi connectivity index (χ2n) is 5.05. The van der Waals surface area contributed by atoms with Crippen LogP contribution in [0.3, 0.4) is 0 Å². The molecule has 0 aliphatic heterocycles. The quantitative estimate of drug-likeness (QED) is 0.685. The van der Waals surface area contributed by atoms with Crippen LogP contribution >= 0.6 is 0 Å². The predicted molar refractivity (Wildman–Crippen MR) is 64.4 cm³/mol. The van der Waals surface area contributed by atoms with Gasteiger partial charge in [0.2, 0.25) is 0 Å². The number of carbonyl (C=O) groups excluding carboxylic acids is 1. The molecule has 0 aromatic heterocycles. The molecule has 0 saturated heterocycles. The van der Waals surface area contributed by atoms with E-state index >= 15 is 0 Å². The first-order chi connectivity index (χ1) is 6.74. The molecular weight excluding hydrogens is 208 g/mol. The molecule has 4 heteroatoms. The molecule has 0 spiro atoms. The van der Waals surface area contributed by atoms with Gasteiger partial charge in [-0.05, 0) is 33.0 Å². The molecule has 0 heterocycles. The van der Waals surface area contributed by atoms with Crippen molar-refractivity contribution in [3.8, 4) is 0 Å². The van der Waals surface area contributed by atoms with Crippen LogP contribution in [0.1, 0.15) is 33.1 Å². The first-order valence-corrected chi connectivity index (χ1v) is 9.03. The van der Waals surface area contributed by atoms with Gasteiger partial charge < -0.3 is 9.53 Å². The molecule has 15 heavy (non-hydrogen) atoms. The van der Waals surface area contributed by atoms with E-state index in [0.29, 0.717) is 12.8 Å². The zero-order valence-electron chi connectivity index (χ0n) is 10.5. The van der Waals surface area contributed by atoms with Crippen LogP contribution in [0.2, 0.25) is 19.6 Å². The molecule has 0 fully saturated rings. The number of Topliss-reactive ketones (excluding diaryl/α,β-unsaturated/α-hetero) is 1. The van der Waals surface area contributed by atoms with Crippen molar-refractivity contribution in [2.45, 2.75) is 65.0 Å². The van der Waals surface area contributed by atoms with Gasteiger partial charge in [0.25, 0.3) is 0 Å². The Kier molecular flexibility index (Phi) is 6.32. The first-order valence-electron chi connectivity index (χ1n) is 5.62. The number of hydrogen-bond donors (Lipinski definition) is 1. The van der Waals surface area contributed by atoms with Gasteiger partial charge in [0.05, 0.1) is 6.10 Å². The van der Waals surface area contributed by atoms with Crippen LogP contribution in [0, 0.1) is 0 Å². The van der Waals surface area contributed by atoms with Gasteiger partial charge in [-0.3, -0.25) is 4.79 Å². The highest BCUT2D eigenvalue weighted by Gasteiger charge is 2.20. The van der Waals surface area contributed by atoms with Crippen molar-refractivity contribution in [3.05, 3.63) is 0 Å². The molecule has 0 aliphatic rings. The van der Waals surface area contributed by atoms with Gasteiger partial charge in [-0.25, -0.2) is 0 Å². The third-order valence-electron chi connectivity index (χ3n) is 2.00. The summed E-state index contributed by atoms with van der Waals surface area (Å²) in [5.41, 5.74) is 0. The molecule has 0 amide bonds. The van der Waals surface area contributed by atoms with Crippen LogP contribution in [0.4, 0.5) is 0 Å². The normalized spacial score (nSPS) is 16.1. The molecule has 0 rings (SSSR count). The Labute approximate surface area is 94.0 Å². The molecular formula is C11H24O3Si. The highest BCUT2D eigenvalue weighted by molar-refractivity contribution is 6.69. The number of aliphatic hydroxyl groups is 1. The first kappa shape index (κ1) is 14.8. The maximum atomic E-state index is 11.5. The number of hydrogen-bond acceptors (Lipinski definition) is 3. The van der Waals surface area contributed by atoms with E-state index in [4.69, 9.17) is 4.43 Å². The van der Waals surface area contributed by atoms with Gasteiger partial charge in [-0.15, -0.1) is 0 Å². The van der Waals surface area contributed by atoms with Crippen LogP contribution < -0.4 is 0 Å². The van der Waals surface area contributed by atoms with E-state index in [1.54, 1.807) is 0 Å². The Morgan fingerprint density at radius 1 is 1.33 bits per heavy atom. The molecule has 1 N–H and O–H groups in total. The molecule has 3 nitrogen and oxygen atoms in total. The lowest BCUT2D eigenvalue weighted by molar-refractivity contribution is -0.122. The van der Waals surface area contributed by atoms with Crippen LogP contribution in [0.25, 0.3) is 0 Å². The summed E-state index contributed by atoms with van der Waals surface area (Å²) in [6.45, 7) is 10.1. The third-order valence-corrected chi connectivity index (χ3v) is 3.11. The Balaban J connectivity index is 3.87. The lowest BCUT2D eigenvalue weighted by Gasteiger charge is -2.23. The van der Waals surface area contributed by atoms with Gasteiger partial charge in [0, 0.05) is 18.9 Å². The molecule has 90 valence electrons. The Hall–Kier alpha value is -0.193. The van der Waals surface area contributed by atoms with Crippen LogP contribution in [0.5, 0.6) is 0 Å². The van der Waals surface area contributed by atoms with Crippen molar-refractivity contribution >= 4 is 14.1 Å². The fraction of sp³-hybridized carbons (Fsp3) is 0.909. The molecule has 2 atom stereocenters. The van der Waals surface area contributed by atoms with Crippen molar-refractivity contribution in [3.63, 3.8) is 0 Å². The molecule has 0 aromatic rings. The van der Waals surface area contributed by atoms with Crippen molar-refractivity contribution in [2.24, 2.45) is 0 Å². The summed E-state index contributed by atoms with van der Waals surface area (Å²) in [7, 11) is -1.55. The third kappa shape index (κ3) is 8.78. The molecule has 0 aromatic carbocycles. The Bertz CT molecular complexity index is 198. The van der Waals surface area contributed by atoms with E-state index in [-0.39, 0.29) is 18.3 Å². The molecule has 0 saturated carbocycles. The minimum Gasteiger partial charge on any atom is -0.415 e. The largest absolute Gasteiger partial charge is 0.415 e. The monoisotopic (exact) mass is 232 g/mol. The zero-order valence-corrected chi connectivity index (χ0v) is 11.5. The second-order valence-corrected chi connectivity index (χ2v) is 9.51. The fourth-order valence-electron chi connectivity index (χ4n) is 1.46. The lowest BCUT2D eigenvalue weighted by Crippen LogP contribution is -2.32. The average Bonchev–Trinajstić information content (AvgIpc) is 1.99. The summed E-state index contributed by atoms with van der Waals surface area (Å²) >= 11 is 0. The van der Waals surface area contributed by atoms with Crippen LogP contribution in [-0.4, -0.2) is 31.4 Å². The van der Waals surface area contributed by atoms with Crippen molar-refractivity contribution in [2.75, 3.05) is 0 Å². The average molecular weight is 232 g/mol. The maximum absolute atomic E-state index is 11.5. The zero-order chi connectivity index (χ0) is 12.1.